The molecule has 142 valence electrons. The number of aromatic amines is 1. The van der Waals surface area contributed by atoms with Crippen molar-refractivity contribution in [3.8, 4) is 11.1 Å². The largest absolute Gasteiger partial charge is 0.351 e. The number of nitrogens with one attached hydrogen (secondary N) is 2. The van der Waals surface area contributed by atoms with Gasteiger partial charge in [-0.25, -0.2) is 9.50 Å². The van der Waals surface area contributed by atoms with Crippen molar-refractivity contribution in [2.75, 3.05) is 6.54 Å². The van der Waals surface area contributed by atoms with Crippen molar-refractivity contribution in [1.29, 1.82) is 0 Å². The van der Waals surface area contributed by atoms with Gasteiger partial charge in [-0.1, -0.05) is 30.3 Å². The molecule has 0 aliphatic carbocycles. The number of aryl methyl sites for hydroxylation is 2. The molecule has 2 N–H and O–H groups in total. The molecule has 28 heavy (non-hydrogen) atoms. The zero-order valence-corrected chi connectivity index (χ0v) is 15.4. The van der Waals surface area contributed by atoms with Crippen LogP contribution in [0.1, 0.15) is 22.6 Å². The molecule has 4 rings (SSSR count). The monoisotopic (exact) mass is 376 g/mol. The quantitative estimate of drug-likeness (QED) is 0.503. The molecule has 1 aromatic carbocycles. The summed E-state index contributed by atoms with van der Waals surface area (Å²) in [7, 11) is 0. The van der Waals surface area contributed by atoms with Gasteiger partial charge in [-0.3, -0.25) is 19.4 Å². The molecule has 1 amide bonds. The number of nitrogens with zero attached hydrogens (tertiary/aromatic N) is 4. The Labute approximate surface area is 160 Å². The normalized spacial score (nSPS) is 11.0. The van der Waals surface area contributed by atoms with Gasteiger partial charge in [-0.2, -0.15) is 5.10 Å². The van der Waals surface area contributed by atoms with Crippen LogP contribution in [0.15, 0.2) is 59.7 Å². The van der Waals surface area contributed by atoms with Gasteiger partial charge in [-0.05, 0) is 25.0 Å². The van der Waals surface area contributed by atoms with Crippen LogP contribution in [0.4, 0.5) is 0 Å². The van der Waals surface area contributed by atoms with Crippen LogP contribution < -0.4 is 10.9 Å². The van der Waals surface area contributed by atoms with E-state index in [1.807, 2.05) is 49.5 Å². The third kappa shape index (κ3) is 3.44. The first-order valence-electron chi connectivity index (χ1n) is 9.07. The maximum absolute atomic E-state index is 12.5. The van der Waals surface area contributed by atoms with E-state index in [1.54, 1.807) is 10.9 Å². The van der Waals surface area contributed by atoms with E-state index in [0.717, 1.165) is 23.2 Å². The summed E-state index contributed by atoms with van der Waals surface area (Å²) >= 11 is 0. The lowest BCUT2D eigenvalue weighted by Gasteiger charge is -2.06. The molecule has 0 aliphatic rings. The number of benzene rings is 1. The summed E-state index contributed by atoms with van der Waals surface area (Å²) in [6.07, 6.45) is 4.32. The summed E-state index contributed by atoms with van der Waals surface area (Å²) in [4.78, 5) is 29.5. The number of hydrogen-bond donors (Lipinski definition) is 2. The molecule has 0 saturated heterocycles. The molecular formula is C20H20N6O2. The standard InChI is InChI=1S/C20H20N6O2/c1-14-18(15-7-3-2-4-8-15)19-23-16(13-17(27)26(19)24-14)20(28)21-9-5-11-25-12-6-10-22-25/h2-4,6-8,10,12-13,24H,5,9,11H2,1H3,(H,21,28). The van der Waals surface area contributed by atoms with Gasteiger partial charge in [0.2, 0.25) is 0 Å². The lowest BCUT2D eigenvalue weighted by molar-refractivity contribution is 0.0947. The number of amides is 1. The summed E-state index contributed by atoms with van der Waals surface area (Å²) in [5.74, 6) is -0.363. The Kier molecular flexibility index (Phi) is 4.76. The van der Waals surface area contributed by atoms with Crippen molar-refractivity contribution in [3.63, 3.8) is 0 Å². The minimum absolute atomic E-state index is 0.111. The van der Waals surface area contributed by atoms with E-state index >= 15 is 0 Å². The zero-order valence-electron chi connectivity index (χ0n) is 15.4. The maximum atomic E-state index is 12.5. The van der Waals surface area contributed by atoms with Crippen molar-refractivity contribution < 1.29 is 4.79 Å². The minimum atomic E-state index is -0.363. The molecule has 0 aliphatic heterocycles. The number of rotatable bonds is 6. The SMILES string of the molecule is Cc1[nH]n2c(=O)cc(C(=O)NCCCn3cccn3)nc2c1-c1ccccc1. The van der Waals surface area contributed by atoms with E-state index in [1.165, 1.54) is 10.6 Å². The van der Waals surface area contributed by atoms with Gasteiger partial charge in [0.1, 0.15) is 5.69 Å². The Morgan fingerprint density at radius 1 is 1.21 bits per heavy atom. The minimum Gasteiger partial charge on any atom is -0.351 e. The lowest BCUT2D eigenvalue weighted by Crippen LogP contribution is -2.28. The average molecular weight is 376 g/mol. The Morgan fingerprint density at radius 2 is 2.04 bits per heavy atom. The fourth-order valence-electron chi connectivity index (χ4n) is 3.18. The second-order valence-electron chi connectivity index (χ2n) is 6.50. The summed E-state index contributed by atoms with van der Waals surface area (Å²) < 4.78 is 3.17. The molecule has 0 fully saturated rings. The second-order valence-corrected chi connectivity index (χ2v) is 6.50. The number of H-pyrrole nitrogens is 1. The predicted molar refractivity (Wildman–Crippen MR) is 105 cm³/mol. The average Bonchev–Trinajstić information content (AvgIpc) is 3.33. The van der Waals surface area contributed by atoms with Gasteiger partial charge in [0, 0.05) is 42.8 Å². The third-order valence-corrected chi connectivity index (χ3v) is 4.50. The predicted octanol–water partition coefficient (Wildman–Crippen LogP) is 2.01. The molecule has 0 bridgehead atoms. The summed E-state index contributed by atoms with van der Waals surface area (Å²) in [5, 5.41) is 9.97. The zero-order chi connectivity index (χ0) is 19.5. The van der Waals surface area contributed by atoms with Gasteiger partial charge in [0.25, 0.3) is 11.5 Å². The molecular weight excluding hydrogens is 356 g/mol. The number of fused-ring (bicyclic) bond motifs is 1. The first-order chi connectivity index (χ1) is 13.6. The molecule has 0 spiro atoms. The van der Waals surface area contributed by atoms with E-state index < -0.39 is 0 Å². The molecule has 3 heterocycles. The van der Waals surface area contributed by atoms with Gasteiger partial charge < -0.3 is 5.32 Å². The van der Waals surface area contributed by atoms with Crippen LogP contribution in [0.2, 0.25) is 0 Å². The Balaban J connectivity index is 1.57. The lowest BCUT2D eigenvalue weighted by atomic mass is 10.1. The molecule has 0 saturated carbocycles. The van der Waals surface area contributed by atoms with Gasteiger partial charge >= 0.3 is 0 Å². The fraction of sp³-hybridized carbons (Fsp3) is 0.200. The van der Waals surface area contributed by atoms with Crippen LogP contribution in [0.3, 0.4) is 0 Å². The molecule has 0 radical (unpaired) electrons. The number of carbonyl (C=O) groups is 1. The summed E-state index contributed by atoms with van der Waals surface area (Å²) in [6.45, 7) is 3.06. The Morgan fingerprint density at radius 3 is 2.79 bits per heavy atom. The van der Waals surface area contributed by atoms with Crippen molar-refractivity contribution in [3.05, 3.63) is 76.6 Å². The first-order valence-corrected chi connectivity index (χ1v) is 9.07. The van der Waals surface area contributed by atoms with Crippen LogP contribution in [0, 0.1) is 6.92 Å². The maximum Gasteiger partial charge on any atom is 0.273 e. The number of aromatic nitrogens is 5. The summed E-state index contributed by atoms with van der Waals surface area (Å²) in [6, 6.07) is 12.8. The van der Waals surface area contributed by atoms with Crippen LogP contribution in [-0.2, 0) is 6.54 Å². The van der Waals surface area contributed by atoms with Crippen LogP contribution >= 0.6 is 0 Å². The second kappa shape index (κ2) is 7.51. The van der Waals surface area contributed by atoms with Crippen molar-refractivity contribution >= 4 is 11.6 Å². The fourth-order valence-corrected chi connectivity index (χ4v) is 3.18. The summed E-state index contributed by atoms with van der Waals surface area (Å²) in [5.41, 5.74) is 2.79. The highest BCUT2D eigenvalue weighted by Gasteiger charge is 2.17. The van der Waals surface area contributed by atoms with Crippen LogP contribution in [-0.4, -0.2) is 36.8 Å². The van der Waals surface area contributed by atoms with E-state index in [2.05, 4.69) is 20.5 Å². The third-order valence-electron chi connectivity index (χ3n) is 4.50. The van der Waals surface area contributed by atoms with Gasteiger partial charge in [0.05, 0.1) is 0 Å². The van der Waals surface area contributed by atoms with Gasteiger partial charge in [-0.15, -0.1) is 0 Å². The molecule has 0 unspecified atom stereocenters. The number of carbonyl (C=O) groups excluding carboxylic acids is 1. The highest BCUT2D eigenvalue weighted by atomic mass is 16.2. The highest BCUT2D eigenvalue weighted by Crippen LogP contribution is 2.26. The van der Waals surface area contributed by atoms with Crippen molar-refractivity contribution in [2.24, 2.45) is 0 Å². The highest BCUT2D eigenvalue weighted by molar-refractivity contribution is 5.93. The Hall–Kier alpha value is -3.68. The molecule has 8 nitrogen and oxygen atoms in total. The van der Waals surface area contributed by atoms with E-state index in [4.69, 9.17) is 0 Å². The molecule has 8 heteroatoms. The Bertz CT molecular complexity index is 1160. The van der Waals surface area contributed by atoms with Gasteiger partial charge in [0.15, 0.2) is 5.65 Å². The van der Waals surface area contributed by atoms with Crippen molar-refractivity contribution in [1.82, 2.24) is 29.7 Å². The number of hydrogen-bond acceptors (Lipinski definition) is 4. The molecule has 3 aromatic heterocycles. The van der Waals surface area contributed by atoms with Crippen molar-refractivity contribution in [2.45, 2.75) is 19.9 Å². The molecule has 4 aromatic rings. The van der Waals surface area contributed by atoms with Crippen LogP contribution in [0.25, 0.3) is 16.8 Å². The first kappa shape index (κ1) is 17.7. The van der Waals surface area contributed by atoms with E-state index in [0.29, 0.717) is 18.7 Å². The smallest absolute Gasteiger partial charge is 0.273 e. The topological polar surface area (TPSA) is 97.1 Å². The molecule has 0 atom stereocenters. The van der Waals surface area contributed by atoms with Crippen LogP contribution in [0.5, 0.6) is 0 Å². The van der Waals surface area contributed by atoms with E-state index in [-0.39, 0.29) is 17.2 Å². The van der Waals surface area contributed by atoms with E-state index in [9.17, 15) is 9.59 Å².